The van der Waals surface area contributed by atoms with E-state index in [-0.39, 0.29) is 0 Å². The molecule has 0 aliphatic carbocycles. The first-order chi connectivity index (χ1) is 9.12. The molecular weight excluding hydrogens is 262 g/mol. The number of piperidine rings is 1. The predicted octanol–water partition coefficient (Wildman–Crippen LogP) is 0.819. The quantitative estimate of drug-likeness (QED) is 0.827. The zero-order chi connectivity index (χ0) is 13.5. The summed E-state index contributed by atoms with van der Waals surface area (Å²) in [6.07, 6.45) is 2.02. The van der Waals surface area contributed by atoms with Crippen LogP contribution in [0.25, 0.3) is 0 Å². The van der Waals surface area contributed by atoms with Crippen molar-refractivity contribution in [1.82, 2.24) is 10.2 Å². The molecular formula is C13H17N3O2S. The molecule has 1 fully saturated rings. The average molecular weight is 279 g/mol. The third-order valence-electron chi connectivity index (χ3n) is 3.82. The molecule has 1 N–H and O–H groups in total. The lowest BCUT2D eigenvalue weighted by Gasteiger charge is -2.33. The molecule has 1 saturated heterocycles. The third kappa shape index (κ3) is 2.15. The summed E-state index contributed by atoms with van der Waals surface area (Å²) in [5.74, 6) is 0.616. The van der Waals surface area contributed by atoms with Gasteiger partial charge in [-0.1, -0.05) is 12.1 Å². The van der Waals surface area contributed by atoms with Crippen LogP contribution in [0.2, 0.25) is 0 Å². The number of rotatable bonds is 1. The minimum absolute atomic E-state index is 0.334. The highest BCUT2D eigenvalue weighted by Crippen LogP contribution is 2.28. The van der Waals surface area contributed by atoms with E-state index in [4.69, 9.17) is 0 Å². The normalized spacial score (nSPS) is 22.2. The summed E-state index contributed by atoms with van der Waals surface area (Å²) < 4.78 is 28.0. The standard InChI is InChI=1S/C13H17N3O2S/c1-14-10-6-8-16(9-7-10)13-11-4-2-3-5-12(11)19(17,18)15-13/h2-5,10,14H,6-9H2,1H3. The van der Waals surface area contributed by atoms with Gasteiger partial charge in [-0.3, -0.25) is 0 Å². The van der Waals surface area contributed by atoms with Crippen molar-refractivity contribution in [2.75, 3.05) is 20.1 Å². The van der Waals surface area contributed by atoms with E-state index >= 15 is 0 Å². The van der Waals surface area contributed by atoms with Crippen molar-refractivity contribution in [3.8, 4) is 0 Å². The largest absolute Gasteiger partial charge is 0.355 e. The minimum Gasteiger partial charge on any atom is -0.355 e. The number of likely N-dealkylation sites (tertiary alicyclic amines) is 1. The van der Waals surface area contributed by atoms with Gasteiger partial charge in [-0.2, -0.15) is 8.42 Å². The number of hydrogen-bond acceptors (Lipinski definition) is 4. The number of fused-ring (bicyclic) bond motifs is 1. The number of amidine groups is 1. The van der Waals surface area contributed by atoms with Crippen LogP contribution in [-0.2, 0) is 10.0 Å². The highest BCUT2D eigenvalue weighted by molar-refractivity contribution is 7.90. The van der Waals surface area contributed by atoms with E-state index in [1.54, 1.807) is 12.1 Å². The fraction of sp³-hybridized carbons (Fsp3) is 0.462. The van der Waals surface area contributed by atoms with Crippen molar-refractivity contribution >= 4 is 15.9 Å². The predicted molar refractivity (Wildman–Crippen MR) is 73.8 cm³/mol. The van der Waals surface area contributed by atoms with E-state index in [1.807, 2.05) is 19.2 Å². The second-order valence-electron chi connectivity index (χ2n) is 4.94. The first kappa shape index (κ1) is 12.6. The molecule has 0 spiro atoms. The first-order valence-corrected chi connectivity index (χ1v) is 7.92. The first-order valence-electron chi connectivity index (χ1n) is 6.48. The topological polar surface area (TPSA) is 61.8 Å². The molecule has 19 heavy (non-hydrogen) atoms. The summed E-state index contributed by atoms with van der Waals surface area (Å²) in [6, 6.07) is 7.58. The van der Waals surface area contributed by atoms with Crippen LogP contribution < -0.4 is 5.32 Å². The van der Waals surface area contributed by atoms with Crippen molar-refractivity contribution in [1.29, 1.82) is 0 Å². The molecule has 2 aliphatic rings. The summed E-state index contributed by atoms with van der Waals surface area (Å²) >= 11 is 0. The third-order valence-corrected chi connectivity index (χ3v) is 5.14. The number of benzene rings is 1. The zero-order valence-electron chi connectivity index (χ0n) is 10.8. The van der Waals surface area contributed by atoms with Crippen LogP contribution in [0.4, 0.5) is 0 Å². The molecule has 1 aromatic carbocycles. The molecule has 2 aliphatic heterocycles. The molecule has 0 unspecified atom stereocenters. The number of nitrogens with one attached hydrogen (secondary N) is 1. The van der Waals surface area contributed by atoms with E-state index in [2.05, 4.69) is 14.6 Å². The van der Waals surface area contributed by atoms with E-state index in [0.717, 1.165) is 31.5 Å². The van der Waals surface area contributed by atoms with Gasteiger partial charge in [-0.15, -0.1) is 4.40 Å². The van der Waals surface area contributed by atoms with Gasteiger partial charge in [0, 0.05) is 24.7 Å². The molecule has 0 amide bonds. The van der Waals surface area contributed by atoms with Gasteiger partial charge in [0.25, 0.3) is 10.0 Å². The number of nitrogens with zero attached hydrogens (tertiary/aromatic N) is 2. The Labute approximate surface area is 113 Å². The second kappa shape index (κ2) is 4.61. The zero-order valence-corrected chi connectivity index (χ0v) is 11.7. The van der Waals surface area contributed by atoms with Gasteiger partial charge in [0.1, 0.15) is 4.90 Å². The van der Waals surface area contributed by atoms with Crippen molar-refractivity contribution in [3.63, 3.8) is 0 Å². The van der Waals surface area contributed by atoms with Gasteiger partial charge in [-0.05, 0) is 32.0 Å². The van der Waals surface area contributed by atoms with Crippen LogP contribution in [0.1, 0.15) is 18.4 Å². The Bertz CT molecular complexity index is 617. The molecule has 0 saturated carbocycles. The Hall–Kier alpha value is -1.40. The van der Waals surface area contributed by atoms with E-state index in [0.29, 0.717) is 16.8 Å². The highest BCUT2D eigenvalue weighted by atomic mass is 32.2. The Morgan fingerprint density at radius 1 is 1.26 bits per heavy atom. The lowest BCUT2D eigenvalue weighted by Crippen LogP contribution is -2.43. The van der Waals surface area contributed by atoms with Crippen LogP contribution in [0.15, 0.2) is 33.6 Å². The van der Waals surface area contributed by atoms with Crippen molar-refractivity contribution in [3.05, 3.63) is 29.8 Å². The van der Waals surface area contributed by atoms with Crippen LogP contribution in [0.3, 0.4) is 0 Å². The fourth-order valence-electron chi connectivity index (χ4n) is 2.70. The molecule has 0 atom stereocenters. The molecule has 0 aromatic heterocycles. The summed E-state index contributed by atoms with van der Waals surface area (Å²) in [7, 11) is -1.53. The Balaban J connectivity index is 1.91. The molecule has 0 radical (unpaired) electrons. The van der Waals surface area contributed by atoms with Crippen LogP contribution >= 0.6 is 0 Å². The van der Waals surface area contributed by atoms with Gasteiger partial charge in [0.15, 0.2) is 5.84 Å². The lowest BCUT2D eigenvalue weighted by atomic mass is 10.0. The van der Waals surface area contributed by atoms with E-state index in [1.165, 1.54) is 0 Å². The Kier molecular flexibility index (Phi) is 3.06. The van der Waals surface area contributed by atoms with Crippen molar-refractivity contribution in [2.24, 2.45) is 4.40 Å². The van der Waals surface area contributed by atoms with Crippen LogP contribution in [0, 0.1) is 0 Å². The average Bonchev–Trinajstić information content (AvgIpc) is 2.72. The molecule has 5 nitrogen and oxygen atoms in total. The molecule has 102 valence electrons. The second-order valence-corrected chi connectivity index (χ2v) is 6.51. The Morgan fingerprint density at radius 3 is 2.63 bits per heavy atom. The smallest absolute Gasteiger partial charge is 0.285 e. The number of sulfonamides is 1. The highest BCUT2D eigenvalue weighted by Gasteiger charge is 2.32. The summed E-state index contributed by atoms with van der Waals surface area (Å²) in [4.78, 5) is 2.41. The van der Waals surface area contributed by atoms with Crippen molar-refractivity contribution < 1.29 is 8.42 Å². The summed E-state index contributed by atoms with van der Waals surface area (Å²) in [6.45, 7) is 1.68. The molecule has 1 aromatic rings. The molecule has 6 heteroatoms. The van der Waals surface area contributed by atoms with Gasteiger partial charge in [0.05, 0.1) is 0 Å². The minimum atomic E-state index is -3.49. The molecule has 3 rings (SSSR count). The van der Waals surface area contributed by atoms with Crippen molar-refractivity contribution in [2.45, 2.75) is 23.8 Å². The van der Waals surface area contributed by atoms with Gasteiger partial charge >= 0.3 is 0 Å². The summed E-state index contributed by atoms with van der Waals surface area (Å²) in [5, 5.41) is 3.27. The van der Waals surface area contributed by atoms with Gasteiger partial charge in [0.2, 0.25) is 0 Å². The maximum atomic E-state index is 12.0. The lowest BCUT2D eigenvalue weighted by molar-refractivity contribution is 0.292. The maximum absolute atomic E-state index is 12.0. The summed E-state index contributed by atoms with van der Waals surface area (Å²) in [5.41, 5.74) is 0.741. The van der Waals surface area contributed by atoms with E-state index in [9.17, 15) is 8.42 Å². The number of hydrogen-bond donors (Lipinski definition) is 1. The van der Waals surface area contributed by atoms with Crippen LogP contribution in [-0.4, -0.2) is 45.3 Å². The van der Waals surface area contributed by atoms with Gasteiger partial charge < -0.3 is 10.2 Å². The molecule has 0 bridgehead atoms. The Morgan fingerprint density at radius 2 is 1.95 bits per heavy atom. The molecule has 2 heterocycles. The maximum Gasteiger partial charge on any atom is 0.285 e. The van der Waals surface area contributed by atoms with Crippen LogP contribution in [0.5, 0.6) is 0 Å². The fourth-order valence-corrected chi connectivity index (χ4v) is 3.92. The van der Waals surface area contributed by atoms with E-state index < -0.39 is 10.0 Å². The monoisotopic (exact) mass is 279 g/mol. The van der Waals surface area contributed by atoms with Gasteiger partial charge in [-0.25, -0.2) is 0 Å². The SMILES string of the molecule is CNC1CCN(C2=NS(=O)(=O)c3ccccc32)CC1.